The minimum absolute atomic E-state index is 0. The number of H-pyrrole nitrogens is 1. The molecule has 0 amide bonds. The second-order valence-corrected chi connectivity index (χ2v) is 3.72. The van der Waals surface area contributed by atoms with Crippen molar-refractivity contribution in [3.05, 3.63) is 70.0 Å². The fourth-order valence-corrected chi connectivity index (χ4v) is 1.58. The van der Waals surface area contributed by atoms with Gasteiger partial charge in [0, 0.05) is 26.6 Å². The Balaban J connectivity index is 0. The van der Waals surface area contributed by atoms with Gasteiger partial charge in [0.05, 0.1) is 0 Å². The molecule has 0 aliphatic rings. The van der Waals surface area contributed by atoms with Crippen LogP contribution < -0.4 is 0 Å². The summed E-state index contributed by atoms with van der Waals surface area (Å²) in [6.45, 7) is 11.1. The normalized spacial score (nSPS) is 9.15. The van der Waals surface area contributed by atoms with Crippen molar-refractivity contribution < 1.29 is 21.1 Å². The van der Waals surface area contributed by atoms with Gasteiger partial charge in [0.1, 0.15) is 5.82 Å². The third kappa shape index (κ3) is 4.91. The van der Waals surface area contributed by atoms with Gasteiger partial charge >= 0.3 is 0 Å². The minimum atomic E-state index is 0. The Bertz CT molecular complexity index is 455. The SMILES string of the molecule is [CH2-]CN([CH-]c1cnc(-c2ccccc2)[nH]1)C[CH2-].[CH3-].[Rf].[W]. The fraction of sp³-hybridized carbons (Fsp3) is 0.133. The first-order chi connectivity index (χ1) is 8.33. The molecule has 0 saturated heterocycles. The van der Waals surface area contributed by atoms with Crippen molar-refractivity contribution in [2.75, 3.05) is 13.1 Å². The largest absolute Gasteiger partial charge is 0.415 e. The smallest absolute Gasteiger partial charge is 0.116 e. The standard InChI is InChI=1S/C14H16N3.CH3.Rf.W/c1-3-17(4-2)11-13-10-15-14(16-13)12-8-6-5-7-9-12;;;/h5-11H,1-4H2,(H,15,16);1H3;;/q-3;-1;;. The third-order valence-electron chi connectivity index (χ3n) is 2.54. The summed E-state index contributed by atoms with van der Waals surface area (Å²) in [5.41, 5.74) is 2.05. The van der Waals surface area contributed by atoms with Gasteiger partial charge in [-0.15, -0.1) is 19.6 Å². The van der Waals surface area contributed by atoms with E-state index in [0.29, 0.717) is 13.1 Å². The maximum absolute atomic E-state index is 4.35. The Morgan fingerprint density at radius 1 is 1.15 bits per heavy atom. The van der Waals surface area contributed by atoms with Crippen LogP contribution in [0.15, 0.2) is 36.5 Å². The van der Waals surface area contributed by atoms with Gasteiger partial charge in [-0.05, 0) is 0 Å². The molecule has 106 valence electrons. The molecule has 1 aromatic carbocycles. The van der Waals surface area contributed by atoms with E-state index in [1.165, 1.54) is 0 Å². The molecule has 2 aromatic rings. The third-order valence-corrected chi connectivity index (χ3v) is 2.54. The van der Waals surface area contributed by atoms with E-state index >= 15 is 0 Å². The van der Waals surface area contributed by atoms with Crippen molar-refractivity contribution in [1.82, 2.24) is 14.9 Å². The summed E-state index contributed by atoms with van der Waals surface area (Å²) in [6, 6.07) is 10.1. The molecule has 1 heterocycles. The van der Waals surface area contributed by atoms with E-state index in [4.69, 9.17) is 0 Å². The summed E-state index contributed by atoms with van der Waals surface area (Å²) in [4.78, 5) is 9.63. The number of benzene rings is 1. The van der Waals surface area contributed by atoms with Crippen LogP contribution in [0.2, 0.25) is 0 Å². The van der Waals surface area contributed by atoms with E-state index in [1.54, 1.807) is 0 Å². The van der Waals surface area contributed by atoms with Crippen molar-refractivity contribution in [1.29, 1.82) is 0 Å². The molecule has 0 saturated carbocycles. The van der Waals surface area contributed by atoms with Crippen LogP contribution in [-0.4, -0.2) is 28.0 Å². The molecule has 1 aromatic heterocycles. The van der Waals surface area contributed by atoms with Crippen LogP contribution in [0.4, 0.5) is 0 Å². The van der Waals surface area contributed by atoms with Gasteiger partial charge in [-0.25, -0.2) is 0 Å². The number of rotatable bonds is 5. The van der Waals surface area contributed by atoms with E-state index in [0.717, 1.165) is 17.1 Å². The summed E-state index contributed by atoms with van der Waals surface area (Å²) in [6.07, 6.45) is 1.82. The van der Waals surface area contributed by atoms with Crippen LogP contribution in [0.25, 0.3) is 11.4 Å². The molecule has 0 unspecified atom stereocenters. The summed E-state index contributed by atoms with van der Waals surface area (Å²) >= 11 is 0. The van der Waals surface area contributed by atoms with Gasteiger partial charge in [0.25, 0.3) is 0 Å². The first kappa shape index (κ1) is 20.3. The second-order valence-electron chi connectivity index (χ2n) is 3.72. The number of aromatic amines is 1. The van der Waals surface area contributed by atoms with E-state index in [-0.39, 0.29) is 28.5 Å². The predicted octanol–water partition coefficient (Wildman–Crippen LogP) is 3.00. The van der Waals surface area contributed by atoms with Crippen LogP contribution >= 0.6 is 0 Å². The first-order valence-corrected chi connectivity index (χ1v) is 5.61. The molecule has 0 bridgehead atoms. The Morgan fingerprint density at radius 2 is 1.75 bits per heavy atom. The number of imidazole rings is 1. The molecule has 0 atom stereocenters. The van der Waals surface area contributed by atoms with Crippen molar-refractivity contribution in [2.45, 2.75) is 0 Å². The summed E-state index contributed by atoms with van der Waals surface area (Å²) in [5.74, 6) is 0.880. The Labute approximate surface area is 130 Å². The maximum atomic E-state index is 4.35. The zero-order valence-electron chi connectivity index (χ0n) is 11.9. The summed E-state index contributed by atoms with van der Waals surface area (Å²) in [5, 5.41) is 0. The predicted molar refractivity (Wildman–Crippen MR) is 76.1 cm³/mol. The van der Waals surface area contributed by atoms with Gasteiger partial charge in [-0.3, -0.25) is 0 Å². The van der Waals surface area contributed by atoms with E-state index in [2.05, 4.69) is 23.8 Å². The molecule has 0 aliphatic carbocycles. The van der Waals surface area contributed by atoms with Crippen LogP contribution in [-0.2, 0) is 21.1 Å². The minimum Gasteiger partial charge on any atom is -0.415 e. The van der Waals surface area contributed by atoms with Gasteiger partial charge in [-0.2, -0.15) is 0 Å². The Hall–Kier alpha value is -2.05. The molecule has 20 heavy (non-hydrogen) atoms. The summed E-state index contributed by atoms with van der Waals surface area (Å²) < 4.78 is 0. The monoisotopic (exact) mass is 692 g/mol. The van der Waals surface area contributed by atoms with Crippen molar-refractivity contribution in [3.63, 3.8) is 0 Å². The average Bonchev–Trinajstić information content (AvgIpc) is 2.85. The van der Waals surface area contributed by atoms with Gasteiger partial charge in [0.15, 0.2) is 0 Å². The molecular weight excluding hydrogens is 673 g/mol. The fourth-order valence-electron chi connectivity index (χ4n) is 1.58. The van der Waals surface area contributed by atoms with Crippen LogP contribution in [0.3, 0.4) is 0 Å². The quantitative estimate of drug-likeness (QED) is 0.490. The van der Waals surface area contributed by atoms with Crippen molar-refractivity contribution in [3.8, 4) is 11.4 Å². The molecular formula is C15H19N3RfW-4. The second kappa shape index (κ2) is 9.82. The van der Waals surface area contributed by atoms with E-state index in [1.807, 2.05) is 48.0 Å². The number of aromatic nitrogens is 2. The zero-order chi connectivity index (χ0) is 12.1. The van der Waals surface area contributed by atoms with Gasteiger partial charge < -0.3 is 36.1 Å². The number of hydrogen-bond donors (Lipinski definition) is 1. The molecule has 1 N–H and O–H groups in total. The Morgan fingerprint density at radius 3 is 2.30 bits per heavy atom. The number of nitrogens with zero attached hydrogens (tertiary/aromatic N) is 2. The number of hydrogen-bond acceptors (Lipinski definition) is 2. The first-order valence-electron chi connectivity index (χ1n) is 5.61. The van der Waals surface area contributed by atoms with Gasteiger partial charge in [0.2, 0.25) is 0 Å². The molecule has 2 rings (SSSR count). The summed E-state index contributed by atoms with van der Waals surface area (Å²) in [7, 11) is 0. The van der Waals surface area contributed by atoms with E-state index < -0.39 is 0 Å². The van der Waals surface area contributed by atoms with Crippen LogP contribution in [0, 0.1) is 27.8 Å². The van der Waals surface area contributed by atoms with Crippen molar-refractivity contribution >= 4 is 0 Å². The topological polar surface area (TPSA) is 31.9 Å². The Kier molecular flexibility index (Phi) is 9.96. The molecule has 0 fully saturated rings. The van der Waals surface area contributed by atoms with Crippen LogP contribution in [0.1, 0.15) is 5.69 Å². The molecule has 0 radical (unpaired) electrons. The van der Waals surface area contributed by atoms with Crippen LogP contribution in [0.5, 0.6) is 0 Å². The number of nitrogens with one attached hydrogen (secondary N) is 1. The molecule has 3 nitrogen and oxygen atoms in total. The maximum Gasteiger partial charge on any atom is 0.116 e. The van der Waals surface area contributed by atoms with E-state index in [9.17, 15) is 0 Å². The van der Waals surface area contributed by atoms with Gasteiger partial charge in [-0.1, -0.05) is 42.2 Å². The average molecular weight is 692 g/mol. The molecule has 0 aliphatic heterocycles. The van der Waals surface area contributed by atoms with Crippen molar-refractivity contribution in [2.24, 2.45) is 0 Å². The molecule has 5 heteroatoms. The zero-order valence-corrected chi connectivity index (χ0v) is 21.2. The molecule has 0 spiro atoms.